The van der Waals surface area contributed by atoms with E-state index in [1.165, 1.54) is 6.08 Å². The number of methoxy groups -OCH3 is 1. The number of nitrogens with zero attached hydrogens (tertiary/aromatic N) is 3. The Hall–Kier alpha value is -2.74. The molecule has 0 atom stereocenters. The molecular weight excluding hydrogens is 332 g/mol. The van der Waals surface area contributed by atoms with Gasteiger partial charge in [-0.15, -0.1) is 0 Å². The fourth-order valence-corrected chi connectivity index (χ4v) is 2.15. The lowest BCUT2D eigenvalue weighted by Gasteiger charge is -2.26. The van der Waals surface area contributed by atoms with Gasteiger partial charge in [0.05, 0.1) is 24.2 Å². The average Bonchev–Trinajstić information content (AvgIpc) is 2.59. The van der Waals surface area contributed by atoms with Crippen LogP contribution in [0, 0.1) is 5.41 Å². The third-order valence-corrected chi connectivity index (χ3v) is 3.76. The van der Waals surface area contributed by atoms with Crippen LogP contribution < -0.4 is 20.3 Å². The molecule has 8 heteroatoms. The van der Waals surface area contributed by atoms with Gasteiger partial charge in [0, 0.05) is 40.3 Å². The molecule has 1 aromatic carbocycles. The molecule has 1 amide bonds. The van der Waals surface area contributed by atoms with Gasteiger partial charge in [0.15, 0.2) is 5.96 Å². The first-order chi connectivity index (χ1) is 12.2. The number of carbonyl (C=O) groups excluding carboxylic acids is 1. The van der Waals surface area contributed by atoms with Crippen molar-refractivity contribution in [3.05, 3.63) is 24.8 Å². The fourth-order valence-electron chi connectivity index (χ4n) is 2.15. The normalized spacial score (nSPS) is 10.3. The van der Waals surface area contributed by atoms with Crippen LogP contribution in [0.3, 0.4) is 0 Å². The fraction of sp³-hybridized carbons (Fsp3) is 0.444. The molecule has 8 nitrogen and oxygen atoms in total. The van der Waals surface area contributed by atoms with Crippen LogP contribution >= 0.6 is 0 Å². The zero-order valence-corrected chi connectivity index (χ0v) is 16.5. The first-order valence-corrected chi connectivity index (χ1v) is 8.23. The topological polar surface area (TPSA) is 83.9 Å². The second kappa shape index (κ2) is 9.67. The average molecular weight is 362 g/mol. The third kappa shape index (κ3) is 5.96. The SMILES string of the molecule is C=CC(=O)Nc1cc(NC(=N)N(C)C)c(OC)cc1N(C)CCN(C)C. The van der Waals surface area contributed by atoms with E-state index >= 15 is 0 Å². The molecule has 0 unspecified atom stereocenters. The molecule has 0 aliphatic rings. The molecular formula is C18H30N6O2. The second-order valence-electron chi connectivity index (χ2n) is 6.36. The van der Waals surface area contributed by atoms with Crippen LogP contribution in [0.5, 0.6) is 5.75 Å². The van der Waals surface area contributed by atoms with Crippen molar-refractivity contribution in [2.45, 2.75) is 0 Å². The van der Waals surface area contributed by atoms with Crippen LogP contribution in [0.25, 0.3) is 0 Å². The Morgan fingerprint density at radius 2 is 1.81 bits per heavy atom. The summed E-state index contributed by atoms with van der Waals surface area (Å²) in [5.74, 6) is 0.490. The molecule has 0 aliphatic heterocycles. The maximum Gasteiger partial charge on any atom is 0.247 e. The molecule has 0 radical (unpaired) electrons. The van der Waals surface area contributed by atoms with E-state index in [0.717, 1.165) is 18.8 Å². The summed E-state index contributed by atoms with van der Waals surface area (Å²) in [6.45, 7) is 5.14. The van der Waals surface area contributed by atoms with Crippen molar-refractivity contribution < 1.29 is 9.53 Å². The second-order valence-corrected chi connectivity index (χ2v) is 6.36. The summed E-state index contributed by atoms with van der Waals surface area (Å²) in [6, 6.07) is 3.61. The van der Waals surface area contributed by atoms with Gasteiger partial charge in [-0.05, 0) is 26.2 Å². The summed E-state index contributed by atoms with van der Waals surface area (Å²) >= 11 is 0. The molecule has 1 aromatic rings. The molecule has 0 heterocycles. The quantitative estimate of drug-likeness (QED) is 0.371. The van der Waals surface area contributed by atoms with E-state index in [0.29, 0.717) is 17.1 Å². The van der Waals surface area contributed by atoms with E-state index < -0.39 is 0 Å². The number of likely N-dealkylation sites (N-methyl/N-ethyl adjacent to an activating group) is 2. The number of hydrogen-bond donors (Lipinski definition) is 3. The van der Waals surface area contributed by atoms with Gasteiger partial charge < -0.3 is 30.1 Å². The molecule has 0 bridgehead atoms. The van der Waals surface area contributed by atoms with Crippen LogP contribution in [0.15, 0.2) is 24.8 Å². The number of nitrogens with one attached hydrogen (secondary N) is 3. The van der Waals surface area contributed by atoms with Crippen LogP contribution in [0.4, 0.5) is 17.1 Å². The summed E-state index contributed by atoms with van der Waals surface area (Å²) in [5.41, 5.74) is 2.03. The summed E-state index contributed by atoms with van der Waals surface area (Å²) in [5, 5.41) is 13.8. The number of guanidine groups is 1. The number of anilines is 3. The highest BCUT2D eigenvalue weighted by atomic mass is 16.5. The van der Waals surface area contributed by atoms with Crippen molar-refractivity contribution >= 4 is 28.9 Å². The van der Waals surface area contributed by atoms with Crippen molar-refractivity contribution in [1.29, 1.82) is 5.41 Å². The molecule has 3 N–H and O–H groups in total. The third-order valence-electron chi connectivity index (χ3n) is 3.76. The highest BCUT2D eigenvalue weighted by molar-refractivity contribution is 6.03. The first-order valence-electron chi connectivity index (χ1n) is 8.23. The minimum absolute atomic E-state index is 0.206. The Morgan fingerprint density at radius 1 is 1.15 bits per heavy atom. The maximum absolute atomic E-state index is 11.9. The van der Waals surface area contributed by atoms with E-state index in [9.17, 15) is 4.79 Å². The maximum atomic E-state index is 11.9. The molecule has 0 aromatic heterocycles. The molecule has 0 fully saturated rings. The standard InChI is InChI=1S/C18H30N6O2/c1-8-17(25)20-13-11-14(21-18(19)23(4)5)16(26-7)12-15(13)24(6)10-9-22(2)3/h8,11-12H,1,9-10H2,2-7H3,(H2,19,21)(H,20,25). The molecule has 1 rings (SSSR count). The van der Waals surface area contributed by atoms with Gasteiger partial charge >= 0.3 is 0 Å². The lowest BCUT2D eigenvalue weighted by molar-refractivity contribution is -0.111. The zero-order chi connectivity index (χ0) is 19.9. The predicted octanol–water partition coefficient (Wildman–Crippen LogP) is 1.73. The summed E-state index contributed by atoms with van der Waals surface area (Å²) < 4.78 is 5.48. The molecule has 0 saturated heterocycles. The monoisotopic (exact) mass is 362 g/mol. The predicted molar refractivity (Wildman–Crippen MR) is 109 cm³/mol. The number of rotatable bonds is 8. The molecule has 0 spiro atoms. The Kier molecular flexibility index (Phi) is 7.92. The van der Waals surface area contributed by atoms with Gasteiger partial charge in [-0.1, -0.05) is 6.58 Å². The molecule has 144 valence electrons. The van der Waals surface area contributed by atoms with E-state index in [-0.39, 0.29) is 11.9 Å². The summed E-state index contributed by atoms with van der Waals surface area (Å²) in [7, 11) is 11.1. The highest BCUT2D eigenvalue weighted by Crippen LogP contribution is 2.36. The summed E-state index contributed by atoms with van der Waals surface area (Å²) in [6.07, 6.45) is 1.22. The Morgan fingerprint density at radius 3 is 2.31 bits per heavy atom. The van der Waals surface area contributed by atoms with E-state index in [1.54, 1.807) is 32.2 Å². The first kappa shape index (κ1) is 21.3. The Labute approximate surface area is 155 Å². The minimum Gasteiger partial charge on any atom is -0.494 e. The Bertz CT molecular complexity index is 657. The molecule has 26 heavy (non-hydrogen) atoms. The Balaban J connectivity index is 3.30. The van der Waals surface area contributed by atoms with E-state index in [2.05, 4.69) is 22.1 Å². The van der Waals surface area contributed by atoms with Crippen molar-refractivity contribution in [3.63, 3.8) is 0 Å². The van der Waals surface area contributed by atoms with Gasteiger partial charge in [0.1, 0.15) is 5.75 Å². The highest BCUT2D eigenvalue weighted by Gasteiger charge is 2.16. The van der Waals surface area contributed by atoms with Gasteiger partial charge in [0.2, 0.25) is 5.91 Å². The van der Waals surface area contributed by atoms with Gasteiger partial charge in [-0.2, -0.15) is 0 Å². The zero-order valence-electron chi connectivity index (χ0n) is 16.5. The van der Waals surface area contributed by atoms with Crippen LogP contribution in [-0.2, 0) is 4.79 Å². The van der Waals surface area contributed by atoms with Crippen molar-refractivity contribution in [3.8, 4) is 5.75 Å². The number of hydrogen-bond acceptors (Lipinski definition) is 5. The largest absolute Gasteiger partial charge is 0.494 e. The van der Waals surface area contributed by atoms with Crippen LogP contribution in [-0.4, -0.2) is 77.1 Å². The molecule has 0 saturated carbocycles. The number of ether oxygens (including phenoxy) is 1. The van der Waals surface area contributed by atoms with Crippen molar-refractivity contribution in [2.75, 3.05) is 71.0 Å². The van der Waals surface area contributed by atoms with Crippen molar-refractivity contribution in [1.82, 2.24) is 9.80 Å². The van der Waals surface area contributed by atoms with Crippen LogP contribution in [0.2, 0.25) is 0 Å². The number of carbonyl (C=O) groups is 1. The minimum atomic E-state index is -0.300. The number of benzene rings is 1. The van der Waals surface area contributed by atoms with Gasteiger partial charge in [0.25, 0.3) is 0 Å². The lowest BCUT2D eigenvalue weighted by Crippen LogP contribution is -2.30. The van der Waals surface area contributed by atoms with Crippen molar-refractivity contribution in [2.24, 2.45) is 0 Å². The summed E-state index contributed by atoms with van der Waals surface area (Å²) in [4.78, 5) is 17.6. The van der Waals surface area contributed by atoms with E-state index in [1.807, 2.05) is 32.1 Å². The lowest BCUT2D eigenvalue weighted by atomic mass is 10.2. The van der Waals surface area contributed by atoms with E-state index in [4.69, 9.17) is 10.1 Å². The van der Waals surface area contributed by atoms with Gasteiger partial charge in [-0.3, -0.25) is 10.2 Å². The molecule has 0 aliphatic carbocycles. The van der Waals surface area contributed by atoms with Gasteiger partial charge in [-0.25, -0.2) is 0 Å². The number of amides is 1. The van der Waals surface area contributed by atoms with Crippen LogP contribution in [0.1, 0.15) is 0 Å². The smallest absolute Gasteiger partial charge is 0.247 e.